The van der Waals surface area contributed by atoms with Crippen molar-refractivity contribution in [3.8, 4) is 0 Å². The van der Waals surface area contributed by atoms with Crippen molar-refractivity contribution in [2.24, 2.45) is 10.8 Å². The highest BCUT2D eigenvalue weighted by Crippen LogP contribution is 2.52. The second-order valence-electron chi connectivity index (χ2n) is 9.71. The molecule has 3 fully saturated rings. The zero-order valence-electron chi connectivity index (χ0n) is 16.9. The first-order chi connectivity index (χ1) is 13.2. The molecular formula is C21H29N3O4. The second kappa shape index (κ2) is 6.64. The molecule has 0 radical (unpaired) electrons. The van der Waals surface area contributed by atoms with Crippen molar-refractivity contribution >= 4 is 17.7 Å². The topological polar surface area (TPSA) is 74.1 Å². The minimum absolute atomic E-state index is 0.108. The minimum Gasteiger partial charge on any atom is -0.459 e. The van der Waals surface area contributed by atoms with Crippen LogP contribution in [0.25, 0.3) is 0 Å². The van der Waals surface area contributed by atoms with E-state index < -0.39 is 5.91 Å². The van der Waals surface area contributed by atoms with Crippen LogP contribution >= 0.6 is 0 Å². The fraction of sp³-hybridized carbons (Fsp3) is 0.667. The molecule has 2 atom stereocenters. The van der Waals surface area contributed by atoms with Gasteiger partial charge in [-0.1, -0.05) is 20.8 Å². The van der Waals surface area contributed by atoms with Crippen molar-refractivity contribution in [3.05, 3.63) is 24.2 Å². The van der Waals surface area contributed by atoms with Crippen LogP contribution in [0.2, 0.25) is 0 Å². The van der Waals surface area contributed by atoms with Crippen molar-refractivity contribution in [1.82, 2.24) is 14.7 Å². The molecule has 3 amide bonds. The number of rotatable bonds is 1. The Morgan fingerprint density at radius 1 is 1.00 bits per heavy atom. The molecule has 28 heavy (non-hydrogen) atoms. The van der Waals surface area contributed by atoms with Crippen LogP contribution < -0.4 is 0 Å². The average molecular weight is 387 g/mol. The molecule has 0 N–H and O–H groups in total. The first kappa shape index (κ1) is 19.0. The van der Waals surface area contributed by atoms with Crippen LogP contribution in [0.15, 0.2) is 22.8 Å². The summed E-state index contributed by atoms with van der Waals surface area (Å²) in [6.45, 7) is 8.97. The number of carbonyl (C=O) groups is 3. The van der Waals surface area contributed by atoms with E-state index in [1.807, 2.05) is 4.90 Å². The number of hydrogen-bond acceptors (Lipinski definition) is 4. The Balaban J connectivity index is 1.37. The summed E-state index contributed by atoms with van der Waals surface area (Å²) in [6.07, 6.45) is 4.50. The lowest BCUT2D eigenvalue weighted by Gasteiger charge is -2.39. The van der Waals surface area contributed by atoms with Gasteiger partial charge in [-0.05, 0) is 42.2 Å². The Morgan fingerprint density at radius 3 is 2.32 bits per heavy atom. The summed E-state index contributed by atoms with van der Waals surface area (Å²) in [5, 5.41) is 0. The van der Waals surface area contributed by atoms with Gasteiger partial charge in [0.1, 0.15) is 0 Å². The third kappa shape index (κ3) is 3.42. The lowest BCUT2D eigenvalue weighted by molar-refractivity contribution is -0.153. The van der Waals surface area contributed by atoms with E-state index in [-0.39, 0.29) is 28.7 Å². The molecule has 2 aliphatic heterocycles. The van der Waals surface area contributed by atoms with Crippen molar-refractivity contribution in [2.45, 2.75) is 46.1 Å². The number of carbonyl (C=O) groups excluding carboxylic acids is 3. The highest BCUT2D eigenvalue weighted by atomic mass is 16.3. The van der Waals surface area contributed by atoms with Crippen molar-refractivity contribution in [3.63, 3.8) is 0 Å². The molecule has 2 unspecified atom stereocenters. The van der Waals surface area contributed by atoms with E-state index >= 15 is 0 Å². The largest absolute Gasteiger partial charge is 0.459 e. The molecule has 0 spiro atoms. The van der Waals surface area contributed by atoms with E-state index in [4.69, 9.17) is 4.42 Å². The van der Waals surface area contributed by atoms with Gasteiger partial charge in [0.05, 0.1) is 6.26 Å². The summed E-state index contributed by atoms with van der Waals surface area (Å²) in [6, 6.07) is 3.48. The van der Waals surface area contributed by atoms with Crippen molar-refractivity contribution in [1.29, 1.82) is 0 Å². The molecule has 0 aromatic carbocycles. The highest BCUT2D eigenvalue weighted by molar-refractivity contribution is 6.35. The second-order valence-corrected chi connectivity index (χ2v) is 9.71. The molecule has 1 aromatic rings. The van der Waals surface area contributed by atoms with Gasteiger partial charge in [0, 0.05) is 38.8 Å². The molecule has 4 rings (SSSR count). The van der Waals surface area contributed by atoms with Gasteiger partial charge >= 0.3 is 11.8 Å². The third-order valence-electron chi connectivity index (χ3n) is 6.44. The van der Waals surface area contributed by atoms with Crippen molar-refractivity contribution < 1.29 is 18.8 Å². The smallest absolute Gasteiger partial charge is 0.312 e. The molecule has 2 bridgehead atoms. The van der Waals surface area contributed by atoms with Gasteiger partial charge in [0.25, 0.3) is 5.91 Å². The number of hydrogen-bond donors (Lipinski definition) is 0. The molecule has 3 aliphatic rings. The number of amides is 3. The van der Waals surface area contributed by atoms with Crippen LogP contribution in [0, 0.1) is 10.8 Å². The number of fused-ring (bicyclic) bond motifs is 2. The van der Waals surface area contributed by atoms with Crippen LogP contribution in [0.3, 0.4) is 0 Å². The normalized spacial score (nSPS) is 29.1. The van der Waals surface area contributed by atoms with Gasteiger partial charge in [-0.2, -0.15) is 0 Å². The first-order valence-corrected chi connectivity index (χ1v) is 10.1. The summed E-state index contributed by atoms with van der Waals surface area (Å²) in [5.74, 6) is -0.681. The maximum Gasteiger partial charge on any atom is 0.312 e. The van der Waals surface area contributed by atoms with E-state index in [0.29, 0.717) is 38.5 Å². The standard InChI is InChI=1S/C21H29N3O4/c1-20(2)11-15-12-21(3,13-20)14-24(15)19(27)18(26)23-8-6-22(7-9-23)17(25)16-5-4-10-28-16/h4-5,10,15H,6-9,11-14H2,1-3H3. The van der Waals surface area contributed by atoms with Crippen LogP contribution in [-0.4, -0.2) is 71.2 Å². The number of furan rings is 1. The molecule has 7 heteroatoms. The maximum atomic E-state index is 13.0. The molecule has 1 aromatic heterocycles. The molecule has 152 valence electrons. The van der Waals surface area contributed by atoms with E-state index in [1.165, 1.54) is 6.26 Å². The summed E-state index contributed by atoms with van der Waals surface area (Å²) >= 11 is 0. The lowest BCUT2D eigenvalue weighted by Crippen LogP contribution is -2.55. The van der Waals surface area contributed by atoms with E-state index in [2.05, 4.69) is 20.8 Å². The third-order valence-corrected chi connectivity index (χ3v) is 6.44. The van der Waals surface area contributed by atoms with E-state index in [1.54, 1.807) is 21.9 Å². The summed E-state index contributed by atoms with van der Waals surface area (Å²) in [7, 11) is 0. The predicted octanol–water partition coefficient (Wildman–Crippen LogP) is 1.99. The molecular weight excluding hydrogens is 358 g/mol. The fourth-order valence-electron chi connectivity index (χ4n) is 5.62. The Labute approximate surface area is 165 Å². The highest BCUT2D eigenvalue weighted by Gasteiger charge is 2.52. The van der Waals surface area contributed by atoms with Gasteiger partial charge in [0.2, 0.25) is 0 Å². The predicted molar refractivity (Wildman–Crippen MR) is 102 cm³/mol. The molecule has 7 nitrogen and oxygen atoms in total. The fourth-order valence-corrected chi connectivity index (χ4v) is 5.62. The van der Waals surface area contributed by atoms with Crippen molar-refractivity contribution in [2.75, 3.05) is 32.7 Å². The van der Waals surface area contributed by atoms with E-state index in [0.717, 1.165) is 19.3 Å². The number of likely N-dealkylation sites (tertiary alicyclic amines) is 1. The Hall–Kier alpha value is -2.31. The minimum atomic E-state index is -0.431. The van der Waals surface area contributed by atoms with Crippen LogP contribution in [0.5, 0.6) is 0 Å². The van der Waals surface area contributed by atoms with Crippen LogP contribution in [-0.2, 0) is 9.59 Å². The van der Waals surface area contributed by atoms with Gasteiger partial charge in [0.15, 0.2) is 5.76 Å². The summed E-state index contributed by atoms with van der Waals surface area (Å²) in [5.41, 5.74) is 0.310. The summed E-state index contributed by atoms with van der Waals surface area (Å²) in [4.78, 5) is 43.3. The van der Waals surface area contributed by atoms with Crippen LogP contribution in [0.4, 0.5) is 0 Å². The average Bonchev–Trinajstić information content (AvgIpc) is 3.25. The van der Waals surface area contributed by atoms with Gasteiger partial charge in [-0.25, -0.2) is 0 Å². The zero-order valence-corrected chi connectivity index (χ0v) is 16.9. The molecule has 1 saturated carbocycles. The molecule has 1 aliphatic carbocycles. The lowest BCUT2D eigenvalue weighted by atomic mass is 9.65. The molecule has 3 heterocycles. The first-order valence-electron chi connectivity index (χ1n) is 10.1. The Bertz CT molecular complexity index is 780. The van der Waals surface area contributed by atoms with Crippen LogP contribution in [0.1, 0.15) is 50.6 Å². The van der Waals surface area contributed by atoms with E-state index in [9.17, 15) is 14.4 Å². The Morgan fingerprint density at radius 2 is 1.68 bits per heavy atom. The molecule has 2 saturated heterocycles. The summed E-state index contributed by atoms with van der Waals surface area (Å²) < 4.78 is 5.16. The monoisotopic (exact) mass is 387 g/mol. The van der Waals surface area contributed by atoms with Gasteiger partial charge in [-0.3, -0.25) is 14.4 Å². The maximum absolute atomic E-state index is 13.0. The number of nitrogens with zero attached hydrogens (tertiary/aromatic N) is 3. The zero-order chi connectivity index (χ0) is 20.1. The van der Waals surface area contributed by atoms with Gasteiger partial charge < -0.3 is 19.1 Å². The quantitative estimate of drug-likeness (QED) is 0.691. The number of piperazine rings is 1. The van der Waals surface area contributed by atoms with Gasteiger partial charge in [-0.15, -0.1) is 0 Å². The SMILES string of the molecule is CC1(C)CC2CC(C)(CN2C(=O)C(=O)N2CCN(C(=O)c3ccco3)CC2)C1. The Kier molecular flexibility index (Phi) is 4.51.